The van der Waals surface area contributed by atoms with E-state index in [1.807, 2.05) is 4.90 Å². The first kappa shape index (κ1) is 24.3. The Morgan fingerprint density at radius 2 is 1.74 bits per heavy atom. The molecule has 2 aliphatic rings. The summed E-state index contributed by atoms with van der Waals surface area (Å²) in [5.74, 6) is 0.0343. The van der Waals surface area contributed by atoms with Gasteiger partial charge in [-0.3, -0.25) is 9.62 Å². The summed E-state index contributed by atoms with van der Waals surface area (Å²) in [6, 6.07) is 5.31. The number of sulfonamides is 1. The Kier molecular flexibility index (Phi) is 6.76. The second kappa shape index (κ2) is 9.45. The standard InChI is InChI=1S/C21H27F3N6O3S/c1-34(32,33)26-19-6-9-30(25-19)20(31)29-12-10-27(11-13-29)15-16-14-17(28-7-2-3-8-28)4-5-18(16)21(22,23)24/h4-6,9,14H,2-3,7-8,10-13,15H2,1H3,(H,25,26). The number of alkyl halides is 3. The van der Waals surface area contributed by atoms with E-state index in [9.17, 15) is 26.4 Å². The van der Waals surface area contributed by atoms with Crippen LogP contribution in [-0.4, -0.2) is 79.6 Å². The molecule has 1 aromatic carbocycles. The average molecular weight is 501 g/mol. The van der Waals surface area contributed by atoms with Crippen molar-refractivity contribution in [2.75, 3.05) is 55.1 Å². The lowest BCUT2D eigenvalue weighted by atomic mass is 10.0. The van der Waals surface area contributed by atoms with Crippen LogP contribution in [0.5, 0.6) is 0 Å². The van der Waals surface area contributed by atoms with Crippen molar-refractivity contribution in [3.8, 4) is 0 Å². The lowest BCUT2D eigenvalue weighted by Gasteiger charge is -2.35. The van der Waals surface area contributed by atoms with E-state index in [2.05, 4.69) is 14.7 Å². The highest BCUT2D eigenvalue weighted by Crippen LogP contribution is 2.35. The molecule has 9 nitrogen and oxygen atoms in total. The van der Waals surface area contributed by atoms with E-state index >= 15 is 0 Å². The third-order valence-corrected chi connectivity index (χ3v) is 6.56. The summed E-state index contributed by atoms with van der Waals surface area (Å²) >= 11 is 0. The first-order chi connectivity index (χ1) is 16.0. The van der Waals surface area contributed by atoms with Crippen LogP contribution in [0, 0.1) is 0 Å². The zero-order valence-corrected chi connectivity index (χ0v) is 19.6. The number of rotatable bonds is 5. The maximum absolute atomic E-state index is 13.6. The van der Waals surface area contributed by atoms with Crippen LogP contribution in [0.25, 0.3) is 0 Å². The molecule has 3 heterocycles. The first-order valence-electron chi connectivity index (χ1n) is 11.0. The number of hydrogen-bond acceptors (Lipinski definition) is 6. The summed E-state index contributed by atoms with van der Waals surface area (Å²) in [5, 5.41) is 3.94. The van der Waals surface area contributed by atoms with Gasteiger partial charge in [-0.15, -0.1) is 5.10 Å². The molecule has 0 bridgehead atoms. The van der Waals surface area contributed by atoms with Crippen molar-refractivity contribution >= 4 is 27.6 Å². The van der Waals surface area contributed by atoms with Crippen LogP contribution in [0.1, 0.15) is 24.0 Å². The van der Waals surface area contributed by atoms with Crippen molar-refractivity contribution in [2.45, 2.75) is 25.6 Å². The van der Waals surface area contributed by atoms with E-state index in [4.69, 9.17) is 0 Å². The van der Waals surface area contributed by atoms with Gasteiger partial charge in [-0.2, -0.15) is 17.9 Å². The second-order valence-corrected chi connectivity index (χ2v) is 10.3. The van der Waals surface area contributed by atoms with E-state index < -0.39 is 27.8 Å². The molecule has 186 valence electrons. The van der Waals surface area contributed by atoms with Crippen LogP contribution in [0.2, 0.25) is 0 Å². The molecule has 2 aliphatic heterocycles. The number of amides is 1. The molecule has 1 amide bonds. The van der Waals surface area contributed by atoms with Crippen molar-refractivity contribution < 1.29 is 26.4 Å². The van der Waals surface area contributed by atoms with Crippen LogP contribution < -0.4 is 9.62 Å². The van der Waals surface area contributed by atoms with Crippen LogP contribution >= 0.6 is 0 Å². The Balaban J connectivity index is 1.41. The number of benzene rings is 1. The highest BCUT2D eigenvalue weighted by molar-refractivity contribution is 7.92. The summed E-state index contributed by atoms with van der Waals surface area (Å²) < 4.78 is 66.8. The molecule has 13 heteroatoms. The summed E-state index contributed by atoms with van der Waals surface area (Å²) in [4.78, 5) is 18.3. The maximum Gasteiger partial charge on any atom is 0.416 e. The quantitative estimate of drug-likeness (QED) is 0.679. The third kappa shape index (κ3) is 5.81. The fourth-order valence-corrected chi connectivity index (χ4v) is 4.81. The molecule has 0 atom stereocenters. The number of aromatic nitrogens is 2. The van der Waals surface area contributed by atoms with E-state index in [0.717, 1.165) is 42.6 Å². The maximum atomic E-state index is 13.6. The Labute approximate surface area is 196 Å². The molecule has 34 heavy (non-hydrogen) atoms. The molecule has 1 aromatic heterocycles. The molecular weight excluding hydrogens is 473 g/mol. The van der Waals surface area contributed by atoms with Gasteiger partial charge in [-0.1, -0.05) is 0 Å². The smallest absolute Gasteiger partial charge is 0.372 e. The van der Waals surface area contributed by atoms with Crippen molar-refractivity contribution in [3.05, 3.63) is 41.6 Å². The number of hydrogen-bond donors (Lipinski definition) is 1. The van der Waals surface area contributed by atoms with Crippen LogP contribution in [0.15, 0.2) is 30.5 Å². The minimum absolute atomic E-state index is 0.0343. The van der Waals surface area contributed by atoms with Gasteiger partial charge in [0.2, 0.25) is 10.0 Å². The predicted octanol–water partition coefficient (Wildman–Crippen LogP) is 2.66. The Morgan fingerprint density at radius 1 is 1.06 bits per heavy atom. The predicted molar refractivity (Wildman–Crippen MR) is 121 cm³/mol. The molecule has 0 spiro atoms. The van der Waals surface area contributed by atoms with Gasteiger partial charge in [0.15, 0.2) is 5.82 Å². The number of nitrogens with one attached hydrogen (secondary N) is 1. The molecule has 2 saturated heterocycles. The zero-order valence-electron chi connectivity index (χ0n) is 18.8. The fourth-order valence-electron chi connectivity index (χ4n) is 4.32. The summed E-state index contributed by atoms with van der Waals surface area (Å²) in [7, 11) is -3.51. The lowest BCUT2D eigenvalue weighted by Crippen LogP contribution is -2.49. The Bertz CT molecular complexity index is 1140. The molecule has 2 fully saturated rings. The molecule has 0 unspecified atom stereocenters. The number of halogens is 3. The molecule has 2 aromatic rings. The van der Waals surface area contributed by atoms with E-state index in [1.165, 1.54) is 18.3 Å². The number of carbonyl (C=O) groups excluding carboxylic acids is 1. The van der Waals surface area contributed by atoms with Gasteiger partial charge < -0.3 is 9.80 Å². The molecule has 0 saturated carbocycles. The SMILES string of the molecule is CS(=O)(=O)Nc1ccn(C(=O)N2CCN(Cc3cc(N4CCCC4)ccc3C(F)(F)F)CC2)n1. The van der Waals surface area contributed by atoms with Gasteiger partial charge in [-0.05, 0) is 36.6 Å². The molecule has 0 aliphatic carbocycles. The average Bonchev–Trinajstić information content (AvgIpc) is 3.44. The summed E-state index contributed by atoms with van der Waals surface area (Å²) in [6.07, 6.45) is -0.0168. The van der Waals surface area contributed by atoms with Gasteiger partial charge in [-0.25, -0.2) is 13.2 Å². The number of piperazine rings is 1. The van der Waals surface area contributed by atoms with E-state index in [-0.39, 0.29) is 17.9 Å². The van der Waals surface area contributed by atoms with Gasteiger partial charge in [0.25, 0.3) is 0 Å². The Morgan fingerprint density at radius 3 is 2.35 bits per heavy atom. The van der Waals surface area contributed by atoms with Gasteiger partial charge in [0.05, 0.1) is 11.8 Å². The summed E-state index contributed by atoms with van der Waals surface area (Å²) in [5.41, 5.74) is 0.420. The lowest BCUT2D eigenvalue weighted by molar-refractivity contribution is -0.138. The topological polar surface area (TPSA) is 90.8 Å². The first-order valence-corrected chi connectivity index (χ1v) is 12.9. The van der Waals surface area contributed by atoms with Crippen molar-refractivity contribution in [2.24, 2.45) is 0 Å². The molecule has 4 rings (SSSR count). The number of carbonyl (C=O) groups is 1. The van der Waals surface area contributed by atoms with Crippen LogP contribution in [0.3, 0.4) is 0 Å². The van der Waals surface area contributed by atoms with Gasteiger partial charge in [0, 0.05) is 63.8 Å². The van der Waals surface area contributed by atoms with Crippen molar-refractivity contribution in [3.63, 3.8) is 0 Å². The highest BCUT2D eigenvalue weighted by atomic mass is 32.2. The molecule has 0 radical (unpaired) electrons. The minimum Gasteiger partial charge on any atom is -0.372 e. The van der Waals surface area contributed by atoms with E-state index in [0.29, 0.717) is 26.2 Å². The zero-order chi connectivity index (χ0) is 24.5. The second-order valence-electron chi connectivity index (χ2n) is 8.60. The van der Waals surface area contributed by atoms with E-state index in [1.54, 1.807) is 17.0 Å². The van der Waals surface area contributed by atoms with Gasteiger partial charge in [0.1, 0.15) is 0 Å². The largest absolute Gasteiger partial charge is 0.416 e. The van der Waals surface area contributed by atoms with Crippen molar-refractivity contribution in [1.29, 1.82) is 0 Å². The van der Waals surface area contributed by atoms with Crippen LogP contribution in [-0.2, 0) is 22.7 Å². The molecular formula is C21H27F3N6O3S. The number of nitrogens with zero attached hydrogens (tertiary/aromatic N) is 5. The highest BCUT2D eigenvalue weighted by Gasteiger charge is 2.34. The Hall–Kier alpha value is -2.80. The van der Waals surface area contributed by atoms with Gasteiger partial charge >= 0.3 is 12.2 Å². The number of anilines is 2. The summed E-state index contributed by atoms with van der Waals surface area (Å²) in [6.45, 7) is 3.30. The van der Waals surface area contributed by atoms with Crippen molar-refractivity contribution in [1.82, 2.24) is 19.6 Å². The molecule has 1 N–H and O–H groups in total. The van der Waals surface area contributed by atoms with Crippen LogP contribution in [0.4, 0.5) is 29.5 Å². The third-order valence-electron chi connectivity index (χ3n) is 5.98. The monoisotopic (exact) mass is 500 g/mol. The fraction of sp³-hybridized carbons (Fsp3) is 0.524. The minimum atomic E-state index is -4.44. The normalized spacial score (nSPS) is 17.9.